The van der Waals surface area contributed by atoms with Crippen molar-refractivity contribution >= 4 is 16.0 Å². The van der Waals surface area contributed by atoms with E-state index in [1.807, 2.05) is 0 Å². The molecule has 14 heavy (non-hydrogen) atoms. The van der Waals surface area contributed by atoms with Crippen LogP contribution >= 0.6 is 0 Å². The minimum absolute atomic E-state index is 0.0881. The van der Waals surface area contributed by atoms with Crippen molar-refractivity contribution < 1.29 is 22.2 Å². The lowest BCUT2D eigenvalue weighted by molar-refractivity contribution is -0.119. The Morgan fingerprint density at radius 2 is 2.21 bits per heavy atom. The molecule has 7 heteroatoms. The first-order valence-corrected chi connectivity index (χ1v) is 5.14. The van der Waals surface area contributed by atoms with Crippen molar-refractivity contribution in [3.8, 4) is 0 Å². The predicted octanol–water partition coefficient (Wildman–Crippen LogP) is 0.162. The van der Waals surface area contributed by atoms with E-state index in [1.165, 1.54) is 13.0 Å². The van der Waals surface area contributed by atoms with Crippen molar-refractivity contribution in [2.75, 3.05) is 0 Å². The average Bonchev–Trinajstić information content (AvgIpc) is 2.47. The molecular formula is C7H9NO5S. The summed E-state index contributed by atoms with van der Waals surface area (Å²) in [7, 11) is -4.30. The average molecular weight is 219 g/mol. The van der Waals surface area contributed by atoms with Crippen LogP contribution in [0.5, 0.6) is 0 Å². The van der Waals surface area contributed by atoms with Crippen LogP contribution in [0.25, 0.3) is 0 Å². The van der Waals surface area contributed by atoms with Crippen molar-refractivity contribution in [2.45, 2.75) is 18.6 Å². The first kappa shape index (κ1) is 10.7. The summed E-state index contributed by atoms with van der Waals surface area (Å²) in [6.45, 7) is 1.41. The van der Waals surface area contributed by atoms with E-state index in [4.69, 9.17) is 8.97 Å². The normalized spacial score (nSPS) is 11.3. The van der Waals surface area contributed by atoms with Gasteiger partial charge in [0, 0.05) is 6.92 Å². The van der Waals surface area contributed by atoms with Crippen molar-refractivity contribution in [3.63, 3.8) is 0 Å². The van der Waals surface area contributed by atoms with Crippen LogP contribution < -0.4 is 5.32 Å². The quantitative estimate of drug-likeness (QED) is 0.706. The molecule has 0 aromatic carbocycles. The molecule has 0 saturated carbocycles. The number of rotatable bonds is 3. The maximum absolute atomic E-state index is 10.6. The van der Waals surface area contributed by atoms with Gasteiger partial charge in [0.25, 0.3) is 0 Å². The second-order valence-corrected chi connectivity index (χ2v) is 3.96. The van der Waals surface area contributed by atoms with Gasteiger partial charge >= 0.3 is 10.1 Å². The summed E-state index contributed by atoms with van der Waals surface area (Å²) >= 11 is 0. The highest BCUT2D eigenvalue weighted by atomic mass is 32.2. The molecule has 1 amide bonds. The van der Waals surface area contributed by atoms with E-state index < -0.39 is 15.2 Å². The lowest BCUT2D eigenvalue weighted by Crippen LogP contribution is -2.18. The Morgan fingerprint density at radius 3 is 2.64 bits per heavy atom. The predicted molar refractivity (Wildman–Crippen MR) is 46.0 cm³/mol. The highest BCUT2D eigenvalue weighted by molar-refractivity contribution is 7.85. The van der Waals surface area contributed by atoms with Crippen LogP contribution in [0.4, 0.5) is 0 Å². The van der Waals surface area contributed by atoms with Crippen LogP contribution in [0.1, 0.15) is 12.7 Å². The Balaban J connectivity index is 2.74. The highest BCUT2D eigenvalue weighted by Gasteiger charge is 2.14. The van der Waals surface area contributed by atoms with Gasteiger partial charge in [-0.05, 0) is 12.1 Å². The molecule has 2 N–H and O–H groups in total. The molecule has 1 rings (SSSR count). The van der Waals surface area contributed by atoms with Crippen molar-refractivity contribution in [2.24, 2.45) is 0 Å². The van der Waals surface area contributed by atoms with Crippen LogP contribution in [-0.2, 0) is 21.5 Å². The fourth-order valence-corrected chi connectivity index (χ4v) is 1.26. The molecule has 0 aliphatic heterocycles. The molecule has 0 aliphatic carbocycles. The minimum atomic E-state index is -4.30. The zero-order chi connectivity index (χ0) is 10.8. The fraction of sp³-hybridized carbons (Fsp3) is 0.286. The molecule has 78 valence electrons. The zero-order valence-electron chi connectivity index (χ0n) is 7.35. The van der Waals surface area contributed by atoms with E-state index in [0.29, 0.717) is 0 Å². The lowest BCUT2D eigenvalue weighted by Gasteiger charge is -1.96. The Hall–Kier alpha value is -1.34. The number of amides is 1. The molecule has 0 radical (unpaired) electrons. The second kappa shape index (κ2) is 3.81. The number of hydrogen-bond acceptors (Lipinski definition) is 4. The van der Waals surface area contributed by atoms with E-state index >= 15 is 0 Å². The molecule has 1 heterocycles. The van der Waals surface area contributed by atoms with Gasteiger partial charge < -0.3 is 9.73 Å². The van der Waals surface area contributed by atoms with Gasteiger partial charge in [-0.15, -0.1) is 0 Å². The van der Waals surface area contributed by atoms with Crippen molar-refractivity contribution in [1.29, 1.82) is 0 Å². The largest absolute Gasteiger partial charge is 0.446 e. The Kier molecular flexibility index (Phi) is 2.92. The number of hydrogen-bond donors (Lipinski definition) is 2. The maximum Gasteiger partial charge on any atom is 0.328 e. The summed E-state index contributed by atoms with van der Waals surface area (Å²) in [4.78, 5) is 10.5. The first-order valence-electron chi connectivity index (χ1n) is 3.70. The number of nitrogens with one attached hydrogen (secondary N) is 1. The molecule has 0 saturated heterocycles. The fourth-order valence-electron chi connectivity index (χ4n) is 0.803. The van der Waals surface area contributed by atoms with Gasteiger partial charge in [-0.2, -0.15) is 8.42 Å². The van der Waals surface area contributed by atoms with Gasteiger partial charge in [0.1, 0.15) is 5.76 Å². The molecular weight excluding hydrogens is 210 g/mol. The summed E-state index contributed by atoms with van der Waals surface area (Å²) in [5, 5.41) is 1.89. The molecule has 1 aromatic heterocycles. The SMILES string of the molecule is CC(=O)NCc1ccc(S(=O)(=O)O)o1. The van der Waals surface area contributed by atoms with E-state index in [9.17, 15) is 13.2 Å². The van der Waals surface area contributed by atoms with Crippen molar-refractivity contribution in [1.82, 2.24) is 5.32 Å². The van der Waals surface area contributed by atoms with Crippen LogP contribution in [0.3, 0.4) is 0 Å². The molecule has 0 aliphatic rings. The summed E-state index contributed by atoms with van der Waals surface area (Å²) in [5.74, 6) is 0.00244. The van der Waals surface area contributed by atoms with Crippen molar-refractivity contribution in [3.05, 3.63) is 17.9 Å². The highest BCUT2D eigenvalue weighted by Crippen LogP contribution is 2.12. The van der Waals surface area contributed by atoms with E-state index in [0.717, 1.165) is 6.07 Å². The van der Waals surface area contributed by atoms with Gasteiger partial charge in [-0.25, -0.2) is 0 Å². The smallest absolute Gasteiger partial charge is 0.328 e. The summed E-state index contributed by atoms with van der Waals surface area (Å²) in [6.07, 6.45) is 0. The van der Waals surface area contributed by atoms with Crippen LogP contribution in [0.2, 0.25) is 0 Å². The van der Waals surface area contributed by atoms with Crippen LogP contribution in [0, 0.1) is 0 Å². The molecule has 1 aromatic rings. The van der Waals surface area contributed by atoms with Crippen LogP contribution in [-0.4, -0.2) is 18.9 Å². The monoisotopic (exact) mass is 219 g/mol. The second-order valence-electron chi connectivity index (χ2n) is 2.61. The number of carbonyl (C=O) groups is 1. The standard InChI is InChI=1S/C7H9NO5S/c1-5(9)8-4-6-2-3-7(13-6)14(10,11)12/h2-3H,4H2,1H3,(H,8,9)(H,10,11,12). The summed E-state index contributed by atoms with van der Waals surface area (Å²) in [6, 6.07) is 2.48. The first-order chi connectivity index (χ1) is 6.39. The topological polar surface area (TPSA) is 96.6 Å². The number of furan rings is 1. The third-order valence-corrected chi connectivity index (χ3v) is 2.13. The van der Waals surface area contributed by atoms with E-state index in [1.54, 1.807) is 0 Å². The maximum atomic E-state index is 10.6. The Bertz CT molecular complexity index is 433. The summed E-state index contributed by atoms with van der Waals surface area (Å²) < 4.78 is 34.4. The third-order valence-electron chi connectivity index (χ3n) is 1.40. The minimum Gasteiger partial charge on any atom is -0.446 e. The van der Waals surface area contributed by atoms with E-state index in [-0.39, 0.29) is 18.2 Å². The Labute approximate surface area is 80.7 Å². The zero-order valence-corrected chi connectivity index (χ0v) is 8.17. The van der Waals surface area contributed by atoms with Gasteiger partial charge in [0.05, 0.1) is 6.54 Å². The van der Waals surface area contributed by atoms with Crippen LogP contribution in [0.15, 0.2) is 21.6 Å². The molecule has 0 atom stereocenters. The van der Waals surface area contributed by atoms with Gasteiger partial charge in [-0.3, -0.25) is 9.35 Å². The van der Waals surface area contributed by atoms with Gasteiger partial charge in [0.15, 0.2) is 0 Å². The lowest BCUT2D eigenvalue weighted by atomic mass is 10.4. The molecule has 0 fully saturated rings. The third kappa shape index (κ3) is 2.86. The molecule has 6 nitrogen and oxygen atoms in total. The molecule has 0 bridgehead atoms. The summed E-state index contributed by atoms with van der Waals surface area (Å²) in [5.41, 5.74) is 0. The molecule has 0 spiro atoms. The Morgan fingerprint density at radius 1 is 1.57 bits per heavy atom. The van der Waals surface area contributed by atoms with Gasteiger partial charge in [-0.1, -0.05) is 0 Å². The number of carbonyl (C=O) groups excluding carboxylic acids is 1. The van der Waals surface area contributed by atoms with Gasteiger partial charge in [0.2, 0.25) is 11.0 Å². The van der Waals surface area contributed by atoms with E-state index in [2.05, 4.69) is 5.32 Å². The molecule has 0 unspecified atom stereocenters.